The first kappa shape index (κ1) is 19.9. The average molecular weight is 403 g/mol. The lowest BCUT2D eigenvalue weighted by atomic mass is 10.2. The summed E-state index contributed by atoms with van der Waals surface area (Å²) in [6.45, 7) is 4.28. The molecule has 0 saturated carbocycles. The highest BCUT2D eigenvalue weighted by Gasteiger charge is 2.15. The van der Waals surface area contributed by atoms with Crippen LogP contribution in [0.3, 0.4) is 0 Å². The number of hydrogen-bond donors (Lipinski definition) is 0. The molecule has 0 bridgehead atoms. The summed E-state index contributed by atoms with van der Waals surface area (Å²) in [6.07, 6.45) is 1.71. The van der Waals surface area contributed by atoms with E-state index in [4.69, 9.17) is 9.47 Å². The van der Waals surface area contributed by atoms with Crippen molar-refractivity contribution >= 4 is 11.8 Å². The lowest BCUT2D eigenvalue weighted by Gasteiger charge is -2.11. The van der Waals surface area contributed by atoms with Gasteiger partial charge in [-0.2, -0.15) is 0 Å². The number of ether oxygens (including phenoxy) is 2. The number of allylic oxidation sites excluding steroid dienone is 1. The summed E-state index contributed by atoms with van der Waals surface area (Å²) in [5, 5.41) is 8.95. The molecule has 0 unspecified atom stereocenters. The van der Waals surface area contributed by atoms with E-state index >= 15 is 0 Å². The molecule has 5 nitrogen and oxygen atoms in total. The van der Waals surface area contributed by atoms with E-state index in [9.17, 15) is 8.78 Å². The Morgan fingerprint density at radius 2 is 1.96 bits per heavy atom. The van der Waals surface area contributed by atoms with Crippen LogP contribution in [0.5, 0.6) is 11.5 Å². The molecule has 0 saturated heterocycles. The SMILES string of the molecule is C=CCn1c(COc2ccccc2F)nnc1SCc1cc(F)ccc1OC. The van der Waals surface area contributed by atoms with Crippen molar-refractivity contribution in [2.75, 3.05) is 7.11 Å². The molecule has 0 aliphatic heterocycles. The van der Waals surface area contributed by atoms with Crippen LogP contribution in [0.25, 0.3) is 0 Å². The van der Waals surface area contributed by atoms with Gasteiger partial charge in [0.05, 0.1) is 7.11 Å². The number of benzene rings is 2. The molecule has 0 atom stereocenters. The highest BCUT2D eigenvalue weighted by molar-refractivity contribution is 7.98. The molecule has 8 heteroatoms. The number of para-hydroxylation sites is 1. The molecule has 0 N–H and O–H groups in total. The van der Waals surface area contributed by atoms with E-state index in [1.54, 1.807) is 37.5 Å². The van der Waals surface area contributed by atoms with Gasteiger partial charge in [0, 0.05) is 17.9 Å². The van der Waals surface area contributed by atoms with Gasteiger partial charge < -0.3 is 9.47 Å². The fraction of sp³-hybridized carbons (Fsp3) is 0.200. The minimum Gasteiger partial charge on any atom is -0.496 e. The Morgan fingerprint density at radius 3 is 2.71 bits per heavy atom. The van der Waals surface area contributed by atoms with E-state index in [1.165, 1.54) is 30.0 Å². The van der Waals surface area contributed by atoms with Crippen LogP contribution in [0.4, 0.5) is 8.78 Å². The molecule has 0 aliphatic carbocycles. The Hall–Kier alpha value is -2.87. The van der Waals surface area contributed by atoms with E-state index in [0.29, 0.717) is 34.6 Å². The lowest BCUT2D eigenvalue weighted by molar-refractivity contribution is 0.275. The Labute approximate surface area is 166 Å². The second-order valence-corrected chi connectivity index (χ2v) is 6.70. The van der Waals surface area contributed by atoms with Gasteiger partial charge in [0.25, 0.3) is 0 Å². The van der Waals surface area contributed by atoms with Gasteiger partial charge >= 0.3 is 0 Å². The number of nitrogens with zero attached hydrogens (tertiary/aromatic N) is 3. The van der Waals surface area contributed by atoms with Crippen LogP contribution < -0.4 is 9.47 Å². The topological polar surface area (TPSA) is 49.2 Å². The van der Waals surface area contributed by atoms with Crippen molar-refractivity contribution in [3.05, 3.63) is 78.1 Å². The van der Waals surface area contributed by atoms with Crippen LogP contribution in [-0.2, 0) is 18.9 Å². The van der Waals surface area contributed by atoms with Gasteiger partial charge in [0.15, 0.2) is 22.5 Å². The minimum absolute atomic E-state index is 0.0611. The Bertz CT molecular complexity index is 962. The first-order valence-corrected chi connectivity index (χ1v) is 9.46. The van der Waals surface area contributed by atoms with Crippen molar-refractivity contribution in [3.63, 3.8) is 0 Å². The minimum atomic E-state index is -0.440. The normalized spacial score (nSPS) is 10.7. The second-order valence-electron chi connectivity index (χ2n) is 5.76. The highest BCUT2D eigenvalue weighted by atomic mass is 32.2. The van der Waals surface area contributed by atoms with Gasteiger partial charge in [-0.05, 0) is 30.3 Å². The van der Waals surface area contributed by atoms with Gasteiger partial charge in [-0.1, -0.05) is 30.0 Å². The maximum Gasteiger partial charge on any atom is 0.191 e. The summed E-state index contributed by atoms with van der Waals surface area (Å²) in [6, 6.07) is 10.5. The molecular weight excluding hydrogens is 384 g/mol. The molecule has 146 valence electrons. The molecule has 1 heterocycles. The third-order valence-corrected chi connectivity index (χ3v) is 4.91. The smallest absolute Gasteiger partial charge is 0.191 e. The van der Waals surface area contributed by atoms with Crippen molar-refractivity contribution in [2.45, 2.75) is 24.1 Å². The fourth-order valence-corrected chi connectivity index (χ4v) is 3.50. The summed E-state index contributed by atoms with van der Waals surface area (Å²) in [5.41, 5.74) is 0.713. The Morgan fingerprint density at radius 1 is 1.14 bits per heavy atom. The maximum absolute atomic E-state index is 13.7. The lowest BCUT2D eigenvalue weighted by Crippen LogP contribution is -2.08. The van der Waals surface area contributed by atoms with E-state index in [1.807, 2.05) is 4.57 Å². The van der Waals surface area contributed by atoms with Gasteiger partial charge in [-0.25, -0.2) is 8.78 Å². The van der Waals surface area contributed by atoms with E-state index < -0.39 is 5.82 Å². The van der Waals surface area contributed by atoms with Crippen LogP contribution in [0.15, 0.2) is 60.3 Å². The molecule has 0 aliphatic rings. The third kappa shape index (κ3) is 4.69. The quantitative estimate of drug-likeness (QED) is 0.385. The van der Waals surface area contributed by atoms with Gasteiger partial charge in [-0.3, -0.25) is 4.57 Å². The van der Waals surface area contributed by atoms with E-state index in [0.717, 1.165) is 0 Å². The summed E-state index contributed by atoms with van der Waals surface area (Å²) >= 11 is 1.39. The monoisotopic (exact) mass is 403 g/mol. The molecule has 0 amide bonds. The van der Waals surface area contributed by atoms with Crippen LogP contribution in [0, 0.1) is 11.6 Å². The average Bonchev–Trinajstić information content (AvgIpc) is 3.08. The number of rotatable bonds is 9. The first-order chi connectivity index (χ1) is 13.6. The molecule has 0 fully saturated rings. The maximum atomic E-state index is 13.7. The number of halogens is 2. The van der Waals surface area contributed by atoms with Gasteiger partial charge in [-0.15, -0.1) is 16.8 Å². The molecule has 28 heavy (non-hydrogen) atoms. The van der Waals surface area contributed by atoms with Crippen molar-refractivity contribution in [1.29, 1.82) is 0 Å². The molecule has 0 spiro atoms. The number of methoxy groups -OCH3 is 1. The zero-order valence-corrected chi connectivity index (χ0v) is 16.1. The van der Waals surface area contributed by atoms with Crippen LogP contribution >= 0.6 is 11.8 Å². The summed E-state index contributed by atoms with van der Waals surface area (Å²) in [4.78, 5) is 0. The van der Waals surface area contributed by atoms with Gasteiger partial charge in [0.2, 0.25) is 0 Å². The summed E-state index contributed by atoms with van der Waals surface area (Å²) < 4.78 is 39.9. The molecule has 3 aromatic rings. The first-order valence-electron chi connectivity index (χ1n) is 8.48. The summed E-state index contributed by atoms with van der Waals surface area (Å²) in [7, 11) is 1.54. The zero-order chi connectivity index (χ0) is 19.9. The molecular formula is C20H19F2N3O2S. The second kappa shape index (κ2) is 9.36. The van der Waals surface area contributed by atoms with Crippen LogP contribution in [0.2, 0.25) is 0 Å². The molecule has 3 rings (SSSR count). The Kier molecular flexibility index (Phi) is 6.65. The predicted octanol–water partition coefficient (Wildman–Crippen LogP) is 4.62. The van der Waals surface area contributed by atoms with Crippen LogP contribution in [-0.4, -0.2) is 21.9 Å². The predicted molar refractivity (Wildman–Crippen MR) is 103 cm³/mol. The van der Waals surface area contributed by atoms with Gasteiger partial charge in [0.1, 0.15) is 18.2 Å². The molecule has 2 aromatic carbocycles. The number of hydrogen-bond acceptors (Lipinski definition) is 5. The highest BCUT2D eigenvalue weighted by Crippen LogP contribution is 2.28. The largest absolute Gasteiger partial charge is 0.496 e. The standard InChI is InChI=1S/C20H19F2N3O2S/c1-3-10-25-19(12-27-18-7-5-4-6-16(18)22)23-24-20(25)28-13-14-11-15(21)8-9-17(14)26-2/h3-9,11H,1,10,12-13H2,2H3. The van der Waals surface area contributed by atoms with Crippen molar-refractivity contribution in [2.24, 2.45) is 0 Å². The van der Waals surface area contributed by atoms with Crippen molar-refractivity contribution < 1.29 is 18.3 Å². The van der Waals surface area contributed by atoms with E-state index in [2.05, 4.69) is 16.8 Å². The van der Waals surface area contributed by atoms with Crippen molar-refractivity contribution in [1.82, 2.24) is 14.8 Å². The third-order valence-electron chi connectivity index (χ3n) is 3.90. The van der Waals surface area contributed by atoms with Crippen molar-refractivity contribution in [3.8, 4) is 11.5 Å². The number of thioether (sulfide) groups is 1. The molecule has 0 radical (unpaired) electrons. The Balaban J connectivity index is 1.74. The van der Waals surface area contributed by atoms with E-state index in [-0.39, 0.29) is 18.2 Å². The van der Waals surface area contributed by atoms with Crippen LogP contribution in [0.1, 0.15) is 11.4 Å². The number of aromatic nitrogens is 3. The summed E-state index contributed by atoms with van der Waals surface area (Å²) in [5.74, 6) is 0.968. The zero-order valence-electron chi connectivity index (χ0n) is 15.3. The molecule has 1 aromatic heterocycles. The fourth-order valence-electron chi connectivity index (χ4n) is 2.55.